The van der Waals surface area contributed by atoms with E-state index in [0.29, 0.717) is 0 Å². The SMILES string of the molecule is Cc1ccc(S(=O)(=O)N(CC(=O)NCc2ccc(CN3CCOCC3)cc2)c2cc(Cl)cc(Cl)c2)cc1. The van der Waals surface area contributed by atoms with Crippen LogP contribution in [0.4, 0.5) is 5.69 Å². The first-order valence-corrected chi connectivity index (χ1v) is 14.1. The van der Waals surface area contributed by atoms with E-state index in [2.05, 4.69) is 10.2 Å². The lowest BCUT2D eigenvalue weighted by molar-refractivity contribution is -0.119. The number of ether oxygens (including phenoxy) is 1. The van der Waals surface area contributed by atoms with E-state index < -0.39 is 22.5 Å². The number of hydrogen-bond acceptors (Lipinski definition) is 5. The number of aryl methyl sites for hydroxylation is 1. The number of anilines is 1. The van der Waals surface area contributed by atoms with Crippen LogP contribution in [-0.2, 0) is 32.6 Å². The molecule has 1 aliphatic heterocycles. The zero-order valence-electron chi connectivity index (χ0n) is 20.5. The van der Waals surface area contributed by atoms with Crippen molar-refractivity contribution in [1.29, 1.82) is 0 Å². The molecule has 1 aliphatic rings. The monoisotopic (exact) mass is 561 g/mol. The summed E-state index contributed by atoms with van der Waals surface area (Å²) in [4.78, 5) is 15.3. The van der Waals surface area contributed by atoms with Crippen LogP contribution >= 0.6 is 23.2 Å². The van der Waals surface area contributed by atoms with E-state index in [1.807, 2.05) is 31.2 Å². The molecule has 10 heteroatoms. The minimum absolute atomic E-state index is 0.0675. The van der Waals surface area contributed by atoms with Crippen LogP contribution in [0.1, 0.15) is 16.7 Å². The number of benzene rings is 3. The molecule has 1 fully saturated rings. The van der Waals surface area contributed by atoms with Gasteiger partial charge < -0.3 is 10.1 Å². The molecule has 0 spiro atoms. The Morgan fingerprint density at radius 3 is 2.16 bits per heavy atom. The highest BCUT2D eigenvalue weighted by Crippen LogP contribution is 2.29. The molecule has 3 aromatic carbocycles. The molecule has 0 unspecified atom stereocenters. The maximum atomic E-state index is 13.5. The first kappa shape index (κ1) is 27.4. The number of nitrogens with zero attached hydrogens (tertiary/aromatic N) is 2. The molecule has 1 saturated heterocycles. The van der Waals surface area contributed by atoms with Gasteiger partial charge in [0.05, 0.1) is 23.8 Å². The van der Waals surface area contributed by atoms with Crippen LogP contribution in [0, 0.1) is 6.92 Å². The van der Waals surface area contributed by atoms with E-state index in [1.165, 1.54) is 35.9 Å². The third-order valence-electron chi connectivity index (χ3n) is 6.05. The van der Waals surface area contributed by atoms with Crippen molar-refractivity contribution in [2.45, 2.75) is 24.9 Å². The van der Waals surface area contributed by atoms with E-state index in [0.717, 1.165) is 48.3 Å². The topological polar surface area (TPSA) is 79.0 Å². The molecule has 0 aromatic heterocycles. The Labute approximate surface area is 228 Å². The first-order chi connectivity index (χ1) is 17.7. The molecule has 3 aromatic rings. The van der Waals surface area contributed by atoms with Gasteiger partial charge in [0.15, 0.2) is 0 Å². The van der Waals surface area contributed by atoms with Crippen molar-refractivity contribution in [1.82, 2.24) is 10.2 Å². The van der Waals surface area contributed by atoms with Gasteiger partial charge in [0.1, 0.15) is 6.54 Å². The van der Waals surface area contributed by atoms with Crippen LogP contribution in [0.15, 0.2) is 71.6 Å². The maximum absolute atomic E-state index is 13.5. The third-order valence-corrected chi connectivity index (χ3v) is 8.28. The molecule has 1 heterocycles. The number of morpholine rings is 1. The fraction of sp³-hybridized carbons (Fsp3) is 0.296. The summed E-state index contributed by atoms with van der Waals surface area (Å²) in [5.41, 5.74) is 3.23. The van der Waals surface area contributed by atoms with Gasteiger partial charge in [0.25, 0.3) is 10.0 Å². The normalized spacial score (nSPS) is 14.4. The molecular weight excluding hydrogens is 533 g/mol. The minimum Gasteiger partial charge on any atom is -0.379 e. The van der Waals surface area contributed by atoms with Crippen LogP contribution in [0.2, 0.25) is 10.0 Å². The number of rotatable bonds is 9. The molecule has 196 valence electrons. The van der Waals surface area contributed by atoms with Gasteiger partial charge in [-0.2, -0.15) is 0 Å². The van der Waals surface area contributed by atoms with Gasteiger partial charge in [-0.25, -0.2) is 8.42 Å². The fourth-order valence-corrected chi connectivity index (χ4v) is 5.92. The lowest BCUT2D eigenvalue weighted by Gasteiger charge is -2.26. The van der Waals surface area contributed by atoms with Crippen molar-refractivity contribution >= 4 is 44.8 Å². The summed E-state index contributed by atoms with van der Waals surface area (Å²) in [5, 5.41) is 3.36. The number of carbonyl (C=O) groups is 1. The summed E-state index contributed by atoms with van der Waals surface area (Å²) in [6, 6.07) is 18.9. The van der Waals surface area contributed by atoms with Crippen molar-refractivity contribution in [3.05, 3.63) is 93.5 Å². The van der Waals surface area contributed by atoms with Gasteiger partial charge in [-0.1, -0.05) is 65.2 Å². The Balaban J connectivity index is 1.45. The van der Waals surface area contributed by atoms with Crippen LogP contribution in [0.5, 0.6) is 0 Å². The Morgan fingerprint density at radius 2 is 1.54 bits per heavy atom. The maximum Gasteiger partial charge on any atom is 0.264 e. The number of halogens is 2. The molecule has 37 heavy (non-hydrogen) atoms. The van der Waals surface area contributed by atoms with Gasteiger partial charge in [0.2, 0.25) is 5.91 Å². The van der Waals surface area contributed by atoms with E-state index in [9.17, 15) is 13.2 Å². The zero-order valence-corrected chi connectivity index (χ0v) is 22.8. The molecule has 4 rings (SSSR count). The van der Waals surface area contributed by atoms with Gasteiger partial charge in [0, 0.05) is 36.2 Å². The van der Waals surface area contributed by atoms with E-state index >= 15 is 0 Å². The van der Waals surface area contributed by atoms with E-state index in [-0.39, 0.29) is 27.2 Å². The lowest BCUT2D eigenvalue weighted by atomic mass is 10.1. The fourth-order valence-electron chi connectivity index (χ4n) is 4.00. The predicted molar refractivity (Wildman–Crippen MR) is 147 cm³/mol. The Bertz CT molecular complexity index is 1310. The van der Waals surface area contributed by atoms with Crippen molar-refractivity contribution in [3.63, 3.8) is 0 Å². The molecule has 0 radical (unpaired) electrons. The first-order valence-electron chi connectivity index (χ1n) is 11.9. The number of sulfonamides is 1. The van der Waals surface area contributed by atoms with Crippen molar-refractivity contribution in [2.24, 2.45) is 0 Å². The zero-order chi connectivity index (χ0) is 26.4. The highest BCUT2D eigenvalue weighted by Gasteiger charge is 2.27. The second kappa shape index (κ2) is 12.3. The highest BCUT2D eigenvalue weighted by molar-refractivity contribution is 7.92. The number of carbonyl (C=O) groups excluding carboxylic acids is 1. The summed E-state index contributed by atoms with van der Waals surface area (Å²) >= 11 is 12.3. The smallest absolute Gasteiger partial charge is 0.264 e. The lowest BCUT2D eigenvalue weighted by Crippen LogP contribution is -2.40. The average molecular weight is 563 g/mol. The minimum atomic E-state index is -4.06. The number of amides is 1. The van der Waals surface area contributed by atoms with Crippen molar-refractivity contribution < 1.29 is 17.9 Å². The summed E-state index contributed by atoms with van der Waals surface area (Å²) in [6.45, 7) is 5.89. The van der Waals surface area contributed by atoms with Crippen molar-refractivity contribution in [3.8, 4) is 0 Å². The number of hydrogen-bond donors (Lipinski definition) is 1. The quantitative estimate of drug-likeness (QED) is 0.411. The summed E-state index contributed by atoms with van der Waals surface area (Å²) in [6.07, 6.45) is 0. The number of nitrogens with one attached hydrogen (secondary N) is 1. The molecule has 0 saturated carbocycles. The highest BCUT2D eigenvalue weighted by atomic mass is 35.5. The molecular formula is C27H29Cl2N3O4S. The van der Waals surface area contributed by atoms with Gasteiger partial charge in [-0.3, -0.25) is 14.0 Å². The van der Waals surface area contributed by atoms with Crippen LogP contribution in [-0.4, -0.2) is 52.1 Å². The van der Waals surface area contributed by atoms with Gasteiger partial charge >= 0.3 is 0 Å². The Morgan fingerprint density at radius 1 is 0.946 bits per heavy atom. The summed E-state index contributed by atoms with van der Waals surface area (Å²) in [5.74, 6) is -0.454. The Hall–Kier alpha value is -2.62. The van der Waals surface area contributed by atoms with Crippen LogP contribution in [0.25, 0.3) is 0 Å². The van der Waals surface area contributed by atoms with E-state index in [1.54, 1.807) is 12.1 Å². The predicted octanol–water partition coefficient (Wildman–Crippen LogP) is 4.65. The van der Waals surface area contributed by atoms with Crippen LogP contribution in [0.3, 0.4) is 0 Å². The largest absolute Gasteiger partial charge is 0.379 e. The van der Waals surface area contributed by atoms with Crippen LogP contribution < -0.4 is 9.62 Å². The molecule has 7 nitrogen and oxygen atoms in total. The Kier molecular flexibility index (Phi) is 9.10. The second-order valence-corrected chi connectivity index (χ2v) is 11.7. The third kappa shape index (κ3) is 7.46. The summed E-state index contributed by atoms with van der Waals surface area (Å²) in [7, 11) is -4.06. The van der Waals surface area contributed by atoms with Gasteiger partial charge in [-0.05, 0) is 48.4 Å². The molecule has 1 amide bonds. The molecule has 1 N–H and O–H groups in total. The summed E-state index contributed by atoms with van der Waals surface area (Å²) < 4.78 is 33.5. The molecule has 0 atom stereocenters. The second-order valence-electron chi connectivity index (χ2n) is 8.93. The standard InChI is InChI=1S/C27H29Cl2N3O4S/c1-20-2-8-26(9-3-20)37(34,35)32(25-15-23(28)14-24(29)16-25)19-27(33)30-17-21-4-6-22(7-5-21)18-31-10-12-36-13-11-31/h2-9,14-16H,10-13,17-19H2,1H3,(H,30,33). The molecule has 0 aliphatic carbocycles. The van der Waals surface area contributed by atoms with E-state index in [4.69, 9.17) is 27.9 Å². The molecule has 0 bridgehead atoms. The van der Waals surface area contributed by atoms with Gasteiger partial charge in [-0.15, -0.1) is 0 Å². The average Bonchev–Trinajstić information content (AvgIpc) is 2.87. The van der Waals surface area contributed by atoms with Crippen molar-refractivity contribution in [2.75, 3.05) is 37.2 Å².